The first-order chi connectivity index (χ1) is 9.79. The minimum Gasteiger partial charge on any atom is -0.479 e. The highest BCUT2D eigenvalue weighted by molar-refractivity contribution is 6.32. The molecule has 0 aliphatic carbocycles. The van der Waals surface area contributed by atoms with E-state index in [9.17, 15) is 14.3 Å². The molecule has 2 atom stereocenters. The molecule has 1 aromatic carbocycles. The molecule has 2 unspecified atom stereocenters. The zero-order valence-electron chi connectivity index (χ0n) is 12.4. The van der Waals surface area contributed by atoms with Crippen molar-refractivity contribution < 1.29 is 19.0 Å². The number of amides is 1. The largest absolute Gasteiger partial charge is 0.479 e. The molecule has 0 saturated carbocycles. The Kier molecular flexibility index (Phi) is 6.92. The maximum atomic E-state index is 12.9. The van der Waals surface area contributed by atoms with Crippen molar-refractivity contribution in [2.24, 2.45) is 5.92 Å². The zero-order valence-corrected chi connectivity index (χ0v) is 13.2. The lowest BCUT2D eigenvalue weighted by Gasteiger charge is -2.18. The molecule has 4 nitrogen and oxygen atoms in total. The first-order valence-corrected chi connectivity index (χ1v) is 7.25. The molecule has 0 bridgehead atoms. The molecule has 2 N–H and O–H groups in total. The Balaban J connectivity index is 2.47. The van der Waals surface area contributed by atoms with Gasteiger partial charge in [-0.2, -0.15) is 0 Å². The van der Waals surface area contributed by atoms with Crippen LogP contribution < -0.4 is 10.1 Å². The predicted molar refractivity (Wildman–Crippen MR) is 80.0 cm³/mol. The summed E-state index contributed by atoms with van der Waals surface area (Å²) in [6.45, 7) is 5.71. The number of rotatable bonds is 7. The van der Waals surface area contributed by atoms with Crippen molar-refractivity contribution in [3.8, 4) is 5.75 Å². The zero-order chi connectivity index (χ0) is 16.0. The molecular weight excluding hydrogens is 297 g/mol. The monoisotopic (exact) mass is 317 g/mol. The smallest absolute Gasteiger partial charge is 0.260 e. The Labute approximate surface area is 129 Å². The number of carbonyl (C=O) groups is 1. The van der Waals surface area contributed by atoms with Crippen LogP contribution in [0.1, 0.15) is 27.2 Å². The van der Waals surface area contributed by atoms with Gasteiger partial charge in [0.25, 0.3) is 5.91 Å². The third-order valence-corrected chi connectivity index (χ3v) is 3.12. The molecule has 1 amide bonds. The van der Waals surface area contributed by atoms with Gasteiger partial charge in [-0.15, -0.1) is 0 Å². The van der Waals surface area contributed by atoms with Gasteiger partial charge in [0.1, 0.15) is 11.6 Å². The Morgan fingerprint density at radius 3 is 2.67 bits per heavy atom. The summed E-state index contributed by atoms with van der Waals surface area (Å²) in [6, 6.07) is 3.70. The average molecular weight is 318 g/mol. The Hall–Kier alpha value is -1.33. The van der Waals surface area contributed by atoms with Gasteiger partial charge < -0.3 is 15.2 Å². The van der Waals surface area contributed by atoms with E-state index in [2.05, 4.69) is 5.32 Å². The molecule has 0 spiro atoms. The van der Waals surface area contributed by atoms with Crippen LogP contribution in [0.2, 0.25) is 5.02 Å². The van der Waals surface area contributed by atoms with Crippen molar-refractivity contribution in [1.29, 1.82) is 0 Å². The summed E-state index contributed by atoms with van der Waals surface area (Å²) < 4.78 is 18.3. The lowest BCUT2D eigenvalue weighted by molar-refractivity contribution is -0.127. The van der Waals surface area contributed by atoms with E-state index in [1.807, 2.05) is 13.8 Å². The number of hydrogen-bond acceptors (Lipinski definition) is 3. The van der Waals surface area contributed by atoms with Crippen LogP contribution >= 0.6 is 11.6 Å². The van der Waals surface area contributed by atoms with Crippen LogP contribution in [-0.4, -0.2) is 29.8 Å². The second-order valence-electron chi connectivity index (χ2n) is 5.36. The number of carbonyl (C=O) groups excluding carboxylic acids is 1. The van der Waals surface area contributed by atoms with Crippen LogP contribution in [0.3, 0.4) is 0 Å². The molecule has 0 aromatic heterocycles. The van der Waals surface area contributed by atoms with E-state index >= 15 is 0 Å². The molecule has 0 saturated heterocycles. The number of ether oxygens (including phenoxy) is 1. The minimum atomic E-state index is -0.792. The summed E-state index contributed by atoms with van der Waals surface area (Å²) in [4.78, 5) is 11.9. The summed E-state index contributed by atoms with van der Waals surface area (Å²) in [5.41, 5.74) is 0. The number of halogens is 2. The highest BCUT2D eigenvalue weighted by Crippen LogP contribution is 2.25. The van der Waals surface area contributed by atoms with E-state index in [1.54, 1.807) is 6.92 Å². The summed E-state index contributed by atoms with van der Waals surface area (Å²) in [6.07, 6.45) is -0.769. The third kappa shape index (κ3) is 6.31. The second kappa shape index (κ2) is 8.20. The van der Waals surface area contributed by atoms with Crippen LogP contribution in [0.25, 0.3) is 0 Å². The van der Waals surface area contributed by atoms with E-state index in [0.29, 0.717) is 12.3 Å². The summed E-state index contributed by atoms with van der Waals surface area (Å²) in [5, 5.41) is 12.4. The summed E-state index contributed by atoms with van der Waals surface area (Å²) >= 11 is 5.83. The summed E-state index contributed by atoms with van der Waals surface area (Å²) in [7, 11) is 0. The maximum Gasteiger partial charge on any atom is 0.260 e. The van der Waals surface area contributed by atoms with E-state index in [-0.39, 0.29) is 23.2 Å². The first-order valence-electron chi connectivity index (χ1n) is 6.87. The first kappa shape index (κ1) is 17.7. The average Bonchev–Trinajstić information content (AvgIpc) is 2.38. The third-order valence-electron chi connectivity index (χ3n) is 2.82. The van der Waals surface area contributed by atoms with Gasteiger partial charge in [0.05, 0.1) is 11.1 Å². The minimum absolute atomic E-state index is 0.106. The van der Waals surface area contributed by atoms with Crippen LogP contribution in [-0.2, 0) is 4.79 Å². The lowest BCUT2D eigenvalue weighted by atomic mass is 10.1. The molecule has 118 valence electrons. The van der Waals surface area contributed by atoms with Crippen molar-refractivity contribution >= 4 is 17.5 Å². The van der Waals surface area contributed by atoms with E-state index < -0.39 is 18.0 Å². The van der Waals surface area contributed by atoms with Crippen molar-refractivity contribution in [1.82, 2.24) is 5.32 Å². The number of aliphatic hydroxyl groups excluding tert-OH is 1. The van der Waals surface area contributed by atoms with E-state index in [0.717, 1.165) is 6.07 Å². The van der Waals surface area contributed by atoms with Crippen molar-refractivity contribution in [2.45, 2.75) is 39.4 Å². The Morgan fingerprint density at radius 2 is 2.10 bits per heavy atom. The number of nitrogens with one attached hydrogen (secondary N) is 1. The van der Waals surface area contributed by atoms with Gasteiger partial charge in [-0.25, -0.2) is 4.39 Å². The molecule has 0 aliphatic heterocycles. The fraction of sp³-hybridized carbons (Fsp3) is 0.533. The quantitative estimate of drug-likeness (QED) is 0.813. The van der Waals surface area contributed by atoms with E-state index in [1.165, 1.54) is 12.1 Å². The van der Waals surface area contributed by atoms with Gasteiger partial charge in [-0.3, -0.25) is 4.79 Å². The SMILES string of the molecule is CC(C)CC(O)CNC(=O)C(C)Oc1ccc(F)cc1Cl. The molecule has 21 heavy (non-hydrogen) atoms. The second-order valence-corrected chi connectivity index (χ2v) is 5.77. The van der Waals surface area contributed by atoms with Gasteiger partial charge in [-0.1, -0.05) is 25.4 Å². The fourth-order valence-electron chi connectivity index (χ4n) is 1.80. The number of benzene rings is 1. The van der Waals surface area contributed by atoms with Crippen molar-refractivity contribution in [3.05, 3.63) is 29.0 Å². The molecule has 0 aliphatic rings. The van der Waals surface area contributed by atoms with Gasteiger partial charge in [0.2, 0.25) is 0 Å². The van der Waals surface area contributed by atoms with Crippen molar-refractivity contribution in [2.75, 3.05) is 6.54 Å². The van der Waals surface area contributed by atoms with Gasteiger partial charge in [0.15, 0.2) is 6.10 Å². The summed E-state index contributed by atoms with van der Waals surface area (Å²) in [5.74, 6) is -0.244. The molecular formula is C15H21ClFNO3. The van der Waals surface area contributed by atoms with Crippen molar-refractivity contribution in [3.63, 3.8) is 0 Å². The molecule has 0 heterocycles. The van der Waals surface area contributed by atoms with Gasteiger partial charge >= 0.3 is 0 Å². The van der Waals surface area contributed by atoms with Crippen LogP contribution in [0.15, 0.2) is 18.2 Å². The lowest BCUT2D eigenvalue weighted by Crippen LogP contribution is -2.40. The molecule has 0 fully saturated rings. The van der Waals surface area contributed by atoms with Crippen LogP contribution in [0.5, 0.6) is 5.75 Å². The molecule has 1 aromatic rings. The molecule has 6 heteroatoms. The van der Waals surface area contributed by atoms with Gasteiger partial charge in [0, 0.05) is 6.54 Å². The molecule has 0 radical (unpaired) electrons. The number of hydrogen-bond donors (Lipinski definition) is 2. The normalized spacial score (nSPS) is 13.9. The predicted octanol–water partition coefficient (Wildman–Crippen LogP) is 2.77. The highest BCUT2D eigenvalue weighted by atomic mass is 35.5. The fourth-order valence-corrected chi connectivity index (χ4v) is 2.02. The van der Waals surface area contributed by atoms with E-state index in [4.69, 9.17) is 16.3 Å². The maximum absolute atomic E-state index is 12.9. The molecule has 1 rings (SSSR count). The highest BCUT2D eigenvalue weighted by Gasteiger charge is 2.17. The standard InChI is InChI=1S/C15H21ClFNO3/c1-9(2)6-12(19)8-18-15(20)10(3)21-14-5-4-11(17)7-13(14)16/h4-5,7,9-10,12,19H,6,8H2,1-3H3,(H,18,20). The Bertz CT molecular complexity index is 482. The Morgan fingerprint density at radius 1 is 1.43 bits per heavy atom. The topological polar surface area (TPSA) is 58.6 Å². The number of aliphatic hydroxyl groups is 1. The van der Waals surface area contributed by atoms with Crippen LogP contribution in [0, 0.1) is 11.7 Å². The van der Waals surface area contributed by atoms with Gasteiger partial charge in [-0.05, 0) is 37.5 Å². The van der Waals surface area contributed by atoms with Crippen LogP contribution in [0.4, 0.5) is 4.39 Å².